The maximum Gasteiger partial charge on any atom is 0.303 e. The second-order valence-electron chi connectivity index (χ2n) is 4.93. The molecule has 0 radical (unpaired) electrons. The first-order valence-corrected chi connectivity index (χ1v) is 6.54. The third-order valence-electron chi connectivity index (χ3n) is 3.35. The second kappa shape index (κ2) is 6.17. The molecule has 5 nitrogen and oxygen atoms in total. The van der Waals surface area contributed by atoms with Crippen LogP contribution < -0.4 is 0 Å². The molecule has 108 valence electrons. The van der Waals surface area contributed by atoms with Gasteiger partial charge < -0.3 is 5.11 Å². The lowest BCUT2D eigenvalue weighted by Gasteiger charge is -2.10. The third-order valence-corrected chi connectivity index (χ3v) is 3.35. The van der Waals surface area contributed by atoms with Crippen LogP contribution in [0.25, 0.3) is 11.1 Å². The molecule has 0 aliphatic carbocycles. The number of rotatable bonds is 5. The van der Waals surface area contributed by atoms with E-state index in [4.69, 9.17) is 5.11 Å². The van der Waals surface area contributed by atoms with E-state index in [0.717, 1.165) is 16.7 Å². The summed E-state index contributed by atoms with van der Waals surface area (Å²) in [5.41, 5.74) is 2.62. The molecule has 2 rings (SSSR count). The van der Waals surface area contributed by atoms with Crippen LogP contribution in [-0.4, -0.2) is 16.0 Å². The maximum atomic E-state index is 10.8. The van der Waals surface area contributed by atoms with Crippen molar-refractivity contribution < 1.29 is 14.8 Å². The molecule has 2 aromatic carbocycles. The summed E-state index contributed by atoms with van der Waals surface area (Å²) in [6.07, 6.45) is 0.0795. The minimum atomic E-state index is -0.828. The highest BCUT2D eigenvalue weighted by Gasteiger charge is 2.11. The summed E-state index contributed by atoms with van der Waals surface area (Å²) in [7, 11) is 0. The summed E-state index contributed by atoms with van der Waals surface area (Å²) >= 11 is 0. The number of hydrogen-bond donors (Lipinski definition) is 1. The van der Waals surface area contributed by atoms with Crippen LogP contribution in [0.2, 0.25) is 0 Å². The fourth-order valence-corrected chi connectivity index (χ4v) is 2.18. The number of carboxylic acid groups (broad SMARTS) is 1. The number of nitro groups is 1. The van der Waals surface area contributed by atoms with Gasteiger partial charge in [-0.2, -0.15) is 0 Å². The Kier molecular flexibility index (Phi) is 4.33. The summed E-state index contributed by atoms with van der Waals surface area (Å²) in [4.78, 5) is 21.1. The van der Waals surface area contributed by atoms with E-state index in [9.17, 15) is 14.9 Å². The average molecular weight is 285 g/mol. The van der Waals surface area contributed by atoms with Gasteiger partial charge in [0.05, 0.1) is 11.3 Å². The molecule has 0 aliphatic rings. The predicted octanol–water partition coefficient (Wildman–Crippen LogP) is 3.84. The Morgan fingerprint density at radius 3 is 2.43 bits per heavy atom. The van der Waals surface area contributed by atoms with Crippen LogP contribution in [-0.2, 0) is 4.79 Å². The maximum absolute atomic E-state index is 10.8. The summed E-state index contributed by atoms with van der Waals surface area (Å²) in [6.45, 7) is 1.86. The van der Waals surface area contributed by atoms with Gasteiger partial charge in [0, 0.05) is 12.1 Å². The zero-order chi connectivity index (χ0) is 15.4. The lowest BCUT2D eigenvalue weighted by atomic mass is 9.95. The van der Waals surface area contributed by atoms with Crippen molar-refractivity contribution in [1.29, 1.82) is 0 Å². The van der Waals surface area contributed by atoms with Crippen LogP contribution in [0.4, 0.5) is 5.69 Å². The van der Waals surface area contributed by atoms with Gasteiger partial charge in [-0.1, -0.05) is 43.3 Å². The number of nitrogens with zero attached hydrogens (tertiary/aromatic N) is 1. The zero-order valence-electron chi connectivity index (χ0n) is 11.5. The molecule has 0 spiro atoms. The average Bonchev–Trinajstić information content (AvgIpc) is 2.47. The number of hydrogen-bond acceptors (Lipinski definition) is 3. The van der Waals surface area contributed by atoms with E-state index in [-0.39, 0.29) is 18.0 Å². The standard InChI is InChI=1S/C16H15NO4/c1-11(9-16(18)19)12-5-7-13(8-6-12)14-3-2-4-15(10-14)17(20)21/h2-8,10-11H,9H2,1H3,(H,18,19). The number of aliphatic carboxylic acids is 1. The van der Waals surface area contributed by atoms with Gasteiger partial charge in [-0.15, -0.1) is 0 Å². The van der Waals surface area contributed by atoms with E-state index >= 15 is 0 Å². The summed E-state index contributed by atoms with van der Waals surface area (Å²) in [6, 6.07) is 13.9. The lowest BCUT2D eigenvalue weighted by molar-refractivity contribution is -0.384. The molecule has 5 heteroatoms. The predicted molar refractivity (Wildman–Crippen MR) is 79.2 cm³/mol. The van der Waals surface area contributed by atoms with E-state index < -0.39 is 10.9 Å². The normalized spacial score (nSPS) is 11.9. The third kappa shape index (κ3) is 3.66. The van der Waals surface area contributed by atoms with Crippen LogP contribution in [0, 0.1) is 10.1 Å². The van der Waals surface area contributed by atoms with Gasteiger partial charge in [-0.05, 0) is 22.6 Å². The topological polar surface area (TPSA) is 80.4 Å². The highest BCUT2D eigenvalue weighted by atomic mass is 16.6. The largest absolute Gasteiger partial charge is 0.481 e. The van der Waals surface area contributed by atoms with Gasteiger partial charge in [-0.3, -0.25) is 14.9 Å². The van der Waals surface area contributed by atoms with Crippen molar-refractivity contribution in [2.75, 3.05) is 0 Å². The van der Waals surface area contributed by atoms with Crippen molar-refractivity contribution in [2.24, 2.45) is 0 Å². The number of non-ortho nitro benzene ring substituents is 1. The van der Waals surface area contributed by atoms with E-state index in [2.05, 4.69) is 0 Å². The Morgan fingerprint density at radius 1 is 1.19 bits per heavy atom. The summed E-state index contributed by atoms with van der Waals surface area (Å²) < 4.78 is 0. The Morgan fingerprint density at radius 2 is 1.86 bits per heavy atom. The minimum Gasteiger partial charge on any atom is -0.481 e. The second-order valence-corrected chi connectivity index (χ2v) is 4.93. The highest BCUT2D eigenvalue weighted by molar-refractivity contribution is 5.69. The summed E-state index contributed by atoms with van der Waals surface area (Å²) in [5.74, 6) is -0.896. The Labute approximate surface area is 122 Å². The smallest absolute Gasteiger partial charge is 0.303 e. The summed E-state index contributed by atoms with van der Waals surface area (Å²) in [5, 5.41) is 19.6. The van der Waals surface area contributed by atoms with E-state index in [1.165, 1.54) is 12.1 Å². The SMILES string of the molecule is CC(CC(=O)O)c1ccc(-c2cccc([N+](=O)[O-])c2)cc1. The first kappa shape index (κ1) is 14.7. The molecular formula is C16H15NO4. The highest BCUT2D eigenvalue weighted by Crippen LogP contribution is 2.26. The van der Waals surface area contributed by atoms with E-state index in [0.29, 0.717) is 0 Å². The lowest BCUT2D eigenvalue weighted by Crippen LogP contribution is -2.02. The van der Waals surface area contributed by atoms with Gasteiger partial charge in [0.1, 0.15) is 0 Å². The molecule has 0 aliphatic heterocycles. The molecule has 0 fully saturated rings. The van der Waals surface area contributed by atoms with Crippen molar-refractivity contribution in [3.05, 3.63) is 64.2 Å². The Bertz CT molecular complexity index is 664. The van der Waals surface area contributed by atoms with Crippen LogP contribution in [0.1, 0.15) is 24.8 Å². The van der Waals surface area contributed by atoms with Gasteiger partial charge in [0.15, 0.2) is 0 Å². The van der Waals surface area contributed by atoms with Crippen molar-refractivity contribution in [3.63, 3.8) is 0 Å². The van der Waals surface area contributed by atoms with Gasteiger partial charge >= 0.3 is 5.97 Å². The monoisotopic (exact) mass is 285 g/mol. The van der Waals surface area contributed by atoms with E-state index in [1.54, 1.807) is 6.07 Å². The molecule has 2 aromatic rings. The van der Waals surface area contributed by atoms with Gasteiger partial charge in [-0.25, -0.2) is 0 Å². The molecule has 0 amide bonds. The number of carboxylic acids is 1. The number of benzene rings is 2. The minimum absolute atomic E-state index is 0.0517. The molecule has 1 N–H and O–H groups in total. The fraction of sp³-hybridized carbons (Fsp3) is 0.188. The van der Waals surface area contributed by atoms with Crippen molar-refractivity contribution >= 4 is 11.7 Å². The molecule has 0 saturated carbocycles. The molecular weight excluding hydrogens is 270 g/mol. The first-order chi connectivity index (χ1) is 9.97. The van der Waals surface area contributed by atoms with Crippen LogP contribution in [0.3, 0.4) is 0 Å². The van der Waals surface area contributed by atoms with Gasteiger partial charge in [0.25, 0.3) is 5.69 Å². The Balaban J connectivity index is 2.24. The zero-order valence-corrected chi connectivity index (χ0v) is 11.5. The van der Waals surface area contributed by atoms with Crippen molar-refractivity contribution in [3.8, 4) is 11.1 Å². The molecule has 1 unspecified atom stereocenters. The molecule has 0 bridgehead atoms. The first-order valence-electron chi connectivity index (χ1n) is 6.54. The van der Waals surface area contributed by atoms with Crippen LogP contribution in [0.15, 0.2) is 48.5 Å². The number of nitro benzene ring substituents is 1. The Hall–Kier alpha value is -2.69. The molecule has 1 atom stereocenters. The van der Waals surface area contributed by atoms with Crippen molar-refractivity contribution in [1.82, 2.24) is 0 Å². The fourth-order valence-electron chi connectivity index (χ4n) is 2.18. The van der Waals surface area contributed by atoms with Crippen molar-refractivity contribution in [2.45, 2.75) is 19.3 Å². The van der Waals surface area contributed by atoms with Gasteiger partial charge in [0.2, 0.25) is 0 Å². The van der Waals surface area contributed by atoms with Crippen LogP contribution >= 0.6 is 0 Å². The molecule has 0 aromatic heterocycles. The molecule has 0 heterocycles. The quantitative estimate of drug-likeness (QED) is 0.668. The molecule has 21 heavy (non-hydrogen) atoms. The van der Waals surface area contributed by atoms with Crippen LogP contribution in [0.5, 0.6) is 0 Å². The number of carbonyl (C=O) groups is 1. The molecule has 0 saturated heterocycles. The van der Waals surface area contributed by atoms with E-state index in [1.807, 2.05) is 37.3 Å².